The quantitative estimate of drug-likeness (QED) is 0.777. The van der Waals surface area contributed by atoms with E-state index < -0.39 is 6.10 Å². The van der Waals surface area contributed by atoms with Gasteiger partial charge in [-0.1, -0.05) is 0 Å². The molecule has 1 fully saturated rings. The zero-order valence-electron chi connectivity index (χ0n) is 13.3. The Bertz CT molecular complexity index is 689. The topological polar surface area (TPSA) is 91.6 Å². The van der Waals surface area contributed by atoms with Crippen LogP contribution in [0.5, 0.6) is 5.75 Å². The number of benzene rings is 1. The zero-order valence-corrected chi connectivity index (χ0v) is 13.3. The Morgan fingerprint density at radius 1 is 1.48 bits per heavy atom. The van der Waals surface area contributed by atoms with Crippen molar-refractivity contribution in [1.29, 1.82) is 0 Å². The maximum atomic E-state index is 11.2. The van der Waals surface area contributed by atoms with Gasteiger partial charge in [0, 0.05) is 35.1 Å². The number of likely N-dealkylation sites (tertiary alicyclic amines) is 1. The van der Waals surface area contributed by atoms with E-state index in [1.807, 2.05) is 24.4 Å². The van der Waals surface area contributed by atoms with Gasteiger partial charge in [0.2, 0.25) is 5.91 Å². The minimum absolute atomic E-state index is 0.0271. The van der Waals surface area contributed by atoms with Crippen LogP contribution >= 0.6 is 0 Å². The number of aromatic amines is 1. The van der Waals surface area contributed by atoms with Crippen LogP contribution in [-0.2, 0) is 4.79 Å². The number of hydrogen-bond donors (Lipinski definition) is 3. The summed E-state index contributed by atoms with van der Waals surface area (Å²) in [5.74, 6) is 0.530. The molecule has 6 heteroatoms. The number of piperidine rings is 1. The number of aromatic nitrogens is 1. The fraction of sp³-hybridized carbons (Fsp3) is 0.471. The van der Waals surface area contributed by atoms with Crippen molar-refractivity contribution in [3.63, 3.8) is 0 Å². The Morgan fingerprint density at radius 2 is 2.22 bits per heavy atom. The maximum Gasteiger partial charge on any atom is 0.220 e. The molecule has 2 heterocycles. The van der Waals surface area contributed by atoms with Crippen molar-refractivity contribution >= 4 is 16.8 Å². The third kappa shape index (κ3) is 3.33. The predicted molar refractivity (Wildman–Crippen MR) is 88.2 cm³/mol. The summed E-state index contributed by atoms with van der Waals surface area (Å²) in [5, 5.41) is 11.6. The summed E-state index contributed by atoms with van der Waals surface area (Å²) in [7, 11) is 1.63. The molecule has 0 radical (unpaired) electrons. The van der Waals surface area contributed by atoms with Crippen LogP contribution in [0.1, 0.15) is 24.5 Å². The number of H-pyrrole nitrogens is 1. The molecular formula is C17H23N3O3. The molecule has 124 valence electrons. The number of nitrogens with zero attached hydrogens (tertiary/aromatic N) is 1. The largest absolute Gasteiger partial charge is 0.497 e. The molecule has 1 aromatic heterocycles. The first-order valence-corrected chi connectivity index (χ1v) is 7.93. The van der Waals surface area contributed by atoms with E-state index in [9.17, 15) is 9.90 Å². The lowest BCUT2D eigenvalue weighted by Crippen LogP contribution is -2.40. The molecule has 1 aliphatic heterocycles. The Hall–Kier alpha value is -2.05. The number of methoxy groups -OCH3 is 1. The van der Waals surface area contributed by atoms with E-state index in [-0.39, 0.29) is 11.8 Å². The average molecular weight is 317 g/mol. The van der Waals surface area contributed by atoms with Crippen LogP contribution < -0.4 is 10.5 Å². The molecule has 0 spiro atoms. The summed E-state index contributed by atoms with van der Waals surface area (Å²) in [5.41, 5.74) is 7.21. The van der Waals surface area contributed by atoms with Gasteiger partial charge < -0.3 is 25.5 Å². The van der Waals surface area contributed by atoms with Crippen molar-refractivity contribution in [3.05, 3.63) is 30.0 Å². The lowest BCUT2D eigenvalue weighted by molar-refractivity contribution is -0.123. The highest BCUT2D eigenvalue weighted by Gasteiger charge is 2.25. The molecule has 0 bridgehead atoms. The van der Waals surface area contributed by atoms with E-state index in [4.69, 9.17) is 10.5 Å². The van der Waals surface area contributed by atoms with Crippen molar-refractivity contribution in [2.45, 2.75) is 18.9 Å². The molecule has 0 aliphatic carbocycles. The van der Waals surface area contributed by atoms with Crippen molar-refractivity contribution in [1.82, 2.24) is 9.88 Å². The Morgan fingerprint density at radius 3 is 2.87 bits per heavy atom. The molecular weight excluding hydrogens is 294 g/mol. The normalized spacial score (nSPS) is 18.2. The number of aliphatic hydroxyl groups is 1. The van der Waals surface area contributed by atoms with Crippen LogP contribution in [0.3, 0.4) is 0 Å². The number of ether oxygens (including phenoxy) is 1. The van der Waals surface area contributed by atoms with E-state index in [2.05, 4.69) is 9.88 Å². The van der Waals surface area contributed by atoms with Gasteiger partial charge in [0.1, 0.15) is 5.75 Å². The number of β-amino-alcohol motifs (C(OH)–C–C–N with tert-alkyl or cyclic N) is 1. The predicted octanol–water partition coefficient (Wildman–Crippen LogP) is 1.41. The number of amides is 1. The first-order valence-electron chi connectivity index (χ1n) is 7.93. The Kier molecular flexibility index (Phi) is 4.54. The fourth-order valence-corrected chi connectivity index (χ4v) is 3.27. The van der Waals surface area contributed by atoms with Crippen LogP contribution in [-0.4, -0.2) is 47.6 Å². The molecule has 6 nitrogen and oxygen atoms in total. The van der Waals surface area contributed by atoms with Crippen LogP contribution in [0.4, 0.5) is 0 Å². The summed E-state index contributed by atoms with van der Waals surface area (Å²) in [4.78, 5) is 16.6. The van der Waals surface area contributed by atoms with E-state index in [1.165, 1.54) is 0 Å². The molecule has 1 atom stereocenters. The molecule has 1 aromatic carbocycles. The molecule has 1 aliphatic rings. The monoisotopic (exact) mass is 317 g/mol. The van der Waals surface area contributed by atoms with Gasteiger partial charge in [-0.2, -0.15) is 0 Å². The molecule has 0 saturated carbocycles. The standard InChI is InChI=1S/C17H23N3O3/c1-23-12-2-3-15-13(8-12)14(9-19-15)16(21)10-20-6-4-11(5-7-20)17(18)22/h2-3,8-9,11,16,19,21H,4-7,10H2,1H3,(H2,18,22)/t16-/m0/s1. The van der Waals surface area contributed by atoms with Crippen LogP contribution in [0.15, 0.2) is 24.4 Å². The van der Waals surface area contributed by atoms with E-state index >= 15 is 0 Å². The van der Waals surface area contributed by atoms with Gasteiger partial charge in [-0.05, 0) is 44.1 Å². The van der Waals surface area contributed by atoms with Gasteiger partial charge in [0.05, 0.1) is 13.2 Å². The highest BCUT2D eigenvalue weighted by Crippen LogP contribution is 2.29. The second kappa shape index (κ2) is 6.60. The summed E-state index contributed by atoms with van der Waals surface area (Å²) in [6.07, 6.45) is 2.80. The maximum absolute atomic E-state index is 11.2. The van der Waals surface area contributed by atoms with Crippen molar-refractivity contribution in [3.8, 4) is 5.75 Å². The highest BCUT2D eigenvalue weighted by atomic mass is 16.5. The lowest BCUT2D eigenvalue weighted by Gasteiger charge is -2.31. The summed E-state index contributed by atoms with van der Waals surface area (Å²) < 4.78 is 5.26. The van der Waals surface area contributed by atoms with Gasteiger partial charge in [-0.15, -0.1) is 0 Å². The molecule has 23 heavy (non-hydrogen) atoms. The number of nitrogens with two attached hydrogens (primary N) is 1. The number of hydrogen-bond acceptors (Lipinski definition) is 4. The van der Waals surface area contributed by atoms with E-state index in [1.54, 1.807) is 7.11 Å². The smallest absolute Gasteiger partial charge is 0.220 e. The SMILES string of the molecule is COc1ccc2[nH]cc([C@@H](O)CN3CCC(C(N)=O)CC3)c2c1. The summed E-state index contributed by atoms with van der Waals surface area (Å²) in [6, 6.07) is 5.77. The van der Waals surface area contributed by atoms with E-state index in [0.717, 1.165) is 48.1 Å². The molecule has 4 N–H and O–H groups in total. The van der Waals surface area contributed by atoms with Gasteiger partial charge >= 0.3 is 0 Å². The second-order valence-corrected chi connectivity index (χ2v) is 6.15. The summed E-state index contributed by atoms with van der Waals surface area (Å²) >= 11 is 0. The number of carbonyl (C=O) groups is 1. The Balaban J connectivity index is 1.69. The molecule has 0 unspecified atom stereocenters. The number of rotatable bonds is 5. The molecule has 2 aromatic rings. The van der Waals surface area contributed by atoms with Crippen LogP contribution in [0.2, 0.25) is 0 Å². The zero-order chi connectivity index (χ0) is 16.4. The second-order valence-electron chi connectivity index (χ2n) is 6.15. The van der Waals surface area contributed by atoms with Crippen molar-refractivity contribution in [2.75, 3.05) is 26.7 Å². The minimum Gasteiger partial charge on any atom is -0.497 e. The molecule has 1 amide bonds. The fourth-order valence-electron chi connectivity index (χ4n) is 3.27. The van der Waals surface area contributed by atoms with Gasteiger partial charge in [-0.25, -0.2) is 0 Å². The average Bonchev–Trinajstić information content (AvgIpc) is 2.98. The van der Waals surface area contributed by atoms with Gasteiger partial charge in [0.25, 0.3) is 0 Å². The number of fused-ring (bicyclic) bond motifs is 1. The van der Waals surface area contributed by atoms with Gasteiger partial charge in [-0.3, -0.25) is 4.79 Å². The molecule has 1 saturated heterocycles. The number of nitrogens with one attached hydrogen (secondary N) is 1. The first-order chi connectivity index (χ1) is 11.1. The highest BCUT2D eigenvalue weighted by molar-refractivity contribution is 5.85. The van der Waals surface area contributed by atoms with Crippen LogP contribution in [0.25, 0.3) is 10.9 Å². The number of aliphatic hydroxyl groups excluding tert-OH is 1. The number of primary amides is 1. The lowest BCUT2D eigenvalue weighted by atomic mass is 9.96. The first kappa shape index (κ1) is 15.8. The number of carbonyl (C=O) groups excluding carboxylic acids is 1. The Labute approximate surface area is 135 Å². The van der Waals surface area contributed by atoms with Crippen molar-refractivity contribution in [2.24, 2.45) is 11.7 Å². The summed E-state index contributed by atoms with van der Waals surface area (Å²) in [6.45, 7) is 2.13. The van der Waals surface area contributed by atoms with Gasteiger partial charge in [0.15, 0.2) is 0 Å². The van der Waals surface area contributed by atoms with E-state index in [0.29, 0.717) is 6.54 Å². The third-order valence-electron chi connectivity index (χ3n) is 4.70. The molecule has 3 rings (SSSR count). The third-order valence-corrected chi connectivity index (χ3v) is 4.70. The van der Waals surface area contributed by atoms with Crippen LogP contribution in [0, 0.1) is 5.92 Å². The minimum atomic E-state index is -0.582. The van der Waals surface area contributed by atoms with Crippen molar-refractivity contribution < 1.29 is 14.6 Å².